The lowest BCUT2D eigenvalue weighted by Gasteiger charge is -2.58. The Morgan fingerprint density at radius 2 is 2.08 bits per heavy atom. The Balaban J connectivity index is 1.51. The van der Waals surface area contributed by atoms with Crippen LogP contribution in [0.3, 0.4) is 0 Å². The molecule has 6 unspecified atom stereocenters. The smallest absolute Gasteiger partial charge is 0.189 e. The zero-order chi connectivity index (χ0) is 17.4. The number of fused-ring (bicyclic) bond motifs is 6. The lowest BCUT2D eigenvalue weighted by atomic mass is 9.47. The van der Waals surface area contributed by atoms with Gasteiger partial charge in [-0.25, -0.2) is 0 Å². The number of hydrogen-bond donors (Lipinski definition) is 2. The van der Waals surface area contributed by atoms with Crippen LogP contribution in [0.15, 0.2) is 11.8 Å². The van der Waals surface area contributed by atoms with E-state index in [1.165, 1.54) is 43.4 Å². The molecule has 0 aromatic carbocycles. The van der Waals surface area contributed by atoms with Crippen LogP contribution in [0.25, 0.3) is 6.08 Å². The van der Waals surface area contributed by atoms with Gasteiger partial charge in [-0.2, -0.15) is 5.10 Å². The number of rotatable bonds is 1. The summed E-state index contributed by atoms with van der Waals surface area (Å²) in [5.74, 6) is 2.41. The SMILES string of the molecule is CC12Cc3cn[nH]c3C=C1CCC1C2CCC2(C)C(C(=O)S)CCC12. The summed E-state index contributed by atoms with van der Waals surface area (Å²) in [5.41, 5.74) is 4.72. The van der Waals surface area contributed by atoms with Crippen molar-refractivity contribution in [3.05, 3.63) is 23.0 Å². The van der Waals surface area contributed by atoms with E-state index in [9.17, 15) is 4.79 Å². The molecule has 0 amide bonds. The van der Waals surface area contributed by atoms with E-state index >= 15 is 0 Å². The predicted molar refractivity (Wildman–Crippen MR) is 102 cm³/mol. The van der Waals surface area contributed by atoms with E-state index in [2.05, 4.69) is 42.7 Å². The van der Waals surface area contributed by atoms with Crippen LogP contribution in [0.1, 0.15) is 63.6 Å². The molecule has 1 aromatic heterocycles. The standard InChI is InChI=1S/C21H28N2OS/c1-20-8-7-16-14(15(20)5-6-17(20)19(24)25)4-3-13-9-18-12(11-22-23-18)10-21(13,16)2/h9,11,14-17H,3-8,10H2,1-2H3,(H,22,23)(H,24,25). The Labute approximate surface area is 155 Å². The minimum atomic E-state index is 0.131. The molecule has 134 valence electrons. The molecule has 25 heavy (non-hydrogen) atoms. The first-order chi connectivity index (χ1) is 11.9. The monoisotopic (exact) mass is 356 g/mol. The van der Waals surface area contributed by atoms with Gasteiger partial charge in [0.2, 0.25) is 0 Å². The number of carbonyl (C=O) groups excluding carboxylic acids is 1. The van der Waals surface area contributed by atoms with Crippen LogP contribution in [0, 0.1) is 34.5 Å². The minimum Gasteiger partial charge on any atom is -0.287 e. The molecule has 0 bridgehead atoms. The van der Waals surface area contributed by atoms with Gasteiger partial charge in [-0.15, -0.1) is 12.6 Å². The summed E-state index contributed by atoms with van der Waals surface area (Å²) in [6, 6.07) is 0. The molecule has 4 aliphatic carbocycles. The first-order valence-electron chi connectivity index (χ1n) is 9.89. The number of aromatic nitrogens is 2. The van der Waals surface area contributed by atoms with Crippen LogP contribution < -0.4 is 0 Å². The summed E-state index contributed by atoms with van der Waals surface area (Å²) in [7, 11) is 0. The van der Waals surface area contributed by atoms with Gasteiger partial charge >= 0.3 is 0 Å². The van der Waals surface area contributed by atoms with Crippen molar-refractivity contribution in [3.8, 4) is 0 Å². The van der Waals surface area contributed by atoms with Crippen LogP contribution in [-0.4, -0.2) is 15.3 Å². The molecular weight excluding hydrogens is 328 g/mol. The number of allylic oxidation sites excluding steroid dienone is 1. The molecule has 4 heteroatoms. The average molecular weight is 357 g/mol. The van der Waals surface area contributed by atoms with Crippen molar-refractivity contribution in [1.29, 1.82) is 0 Å². The summed E-state index contributed by atoms with van der Waals surface area (Å²) in [6.07, 6.45) is 12.8. The van der Waals surface area contributed by atoms with Gasteiger partial charge in [0, 0.05) is 5.92 Å². The quantitative estimate of drug-likeness (QED) is 0.719. The molecule has 6 atom stereocenters. The molecule has 1 heterocycles. The maximum Gasteiger partial charge on any atom is 0.189 e. The van der Waals surface area contributed by atoms with Gasteiger partial charge in [-0.1, -0.05) is 19.4 Å². The molecule has 0 radical (unpaired) electrons. The van der Waals surface area contributed by atoms with Crippen molar-refractivity contribution in [2.24, 2.45) is 34.5 Å². The average Bonchev–Trinajstić information content (AvgIpc) is 3.14. The number of nitrogens with one attached hydrogen (secondary N) is 1. The van der Waals surface area contributed by atoms with Gasteiger partial charge < -0.3 is 0 Å². The zero-order valence-corrected chi connectivity index (χ0v) is 16.1. The number of thiol groups is 1. The van der Waals surface area contributed by atoms with Gasteiger partial charge in [0.15, 0.2) is 5.12 Å². The van der Waals surface area contributed by atoms with Crippen molar-refractivity contribution in [2.45, 2.75) is 58.8 Å². The second kappa shape index (κ2) is 5.25. The van der Waals surface area contributed by atoms with E-state index in [1.54, 1.807) is 5.57 Å². The number of H-pyrrole nitrogens is 1. The maximum atomic E-state index is 12.1. The third-order valence-electron chi connectivity index (χ3n) is 8.66. The highest BCUT2D eigenvalue weighted by molar-refractivity contribution is 7.96. The Kier molecular flexibility index (Phi) is 3.39. The zero-order valence-electron chi connectivity index (χ0n) is 15.2. The summed E-state index contributed by atoms with van der Waals surface area (Å²) in [5, 5.41) is 7.57. The second-order valence-corrected chi connectivity index (χ2v) is 9.94. The number of nitrogens with zero attached hydrogens (tertiary/aromatic N) is 1. The lowest BCUT2D eigenvalue weighted by molar-refractivity contribution is -0.120. The second-order valence-electron chi connectivity index (χ2n) is 9.50. The van der Waals surface area contributed by atoms with E-state index in [0.717, 1.165) is 24.7 Å². The first kappa shape index (κ1) is 16.2. The fraction of sp³-hybridized carbons (Fsp3) is 0.714. The van der Waals surface area contributed by atoms with Crippen molar-refractivity contribution < 1.29 is 4.79 Å². The van der Waals surface area contributed by atoms with E-state index in [4.69, 9.17) is 0 Å². The minimum absolute atomic E-state index is 0.131. The summed E-state index contributed by atoms with van der Waals surface area (Å²) in [6.45, 7) is 4.90. The number of hydrogen-bond acceptors (Lipinski definition) is 2. The normalized spacial score (nSPS) is 45.0. The molecule has 3 saturated carbocycles. The van der Waals surface area contributed by atoms with Crippen LogP contribution in [-0.2, 0) is 11.2 Å². The maximum absolute atomic E-state index is 12.1. The van der Waals surface area contributed by atoms with Crippen molar-refractivity contribution in [3.63, 3.8) is 0 Å². The summed E-state index contributed by atoms with van der Waals surface area (Å²) >= 11 is 4.24. The molecular formula is C21H28N2OS. The van der Waals surface area contributed by atoms with Gasteiger partial charge in [-0.05, 0) is 85.2 Å². The molecule has 3 nitrogen and oxygen atoms in total. The van der Waals surface area contributed by atoms with Crippen molar-refractivity contribution in [2.75, 3.05) is 0 Å². The van der Waals surface area contributed by atoms with Crippen molar-refractivity contribution >= 4 is 23.8 Å². The Morgan fingerprint density at radius 3 is 2.88 bits per heavy atom. The third kappa shape index (κ3) is 2.06. The Hall–Kier alpha value is -1.03. The molecule has 0 aliphatic heterocycles. The van der Waals surface area contributed by atoms with Gasteiger partial charge in [0.05, 0.1) is 11.9 Å². The van der Waals surface area contributed by atoms with Crippen LogP contribution in [0.2, 0.25) is 0 Å². The van der Waals surface area contributed by atoms with E-state index in [-0.39, 0.29) is 21.9 Å². The lowest BCUT2D eigenvalue weighted by Crippen LogP contribution is -2.51. The molecule has 1 aromatic rings. The number of aromatic amines is 1. The van der Waals surface area contributed by atoms with Gasteiger partial charge in [0.25, 0.3) is 0 Å². The highest BCUT2D eigenvalue weighted by Crippen LogP contribution is 2.66. The Bertz CT molecular complexity index is 768. The predicted octanol–water partition coefficient (Wildman–Crippen LogP) is 4.66. The van der Waals surface area contributed by atoms with Gasteiger partial charge in [0.1, 0.15) is 0 Å². The molecule has 4 aliphatic rings. The van der Waals surface area contributed by atoms with Crippen LogP contribution >= 0.6 is 12.6 Å². The first-order valence-corrected chi connectivity index (χ1v) is 10.3. The largest absolute Gasteiger partial charge is 0.287 e. The highest BCUT2D eigenvalue weighted by Gasteiger charge is 2.59. The van der Waals surface area contributed by atoms with Crippen molar-refractivity contribution in [1.82, 2.24) is 10.2 Å². The molecule has 5 rings (SSSR count). The molecule has 0 saturated heterocycles. The fourth-order valence-electron chi connectivity index (χ4n) is 7.37. The summed E-state index contributed by atoms with van der Waals surface area (Å²) in [4.78, 5) is 12.1. The topological polar surface area (TPSA) is 45.8 Å². The number of carbonyl (C=O) groups is 1. The fourth-order valence-corrected chi connectivity index (χ4v) is 7.80. The van der Waals surface area contributed by atoms with E-state index in [1.807, 2.05) is 6.20 Å². The van der Waals surface area contributed by atoms with Crippen LogP contribution in [0.4, 0.5) is 0 Å². The summed E-state index contributed by atoms with van der Waals surface area (Å²) < 4.78 is 0. The van der Waals surface area contributed by atoms with Gasteiger partial charge in [-0.3, -0.25) is 9.89 Å². The Morgan fingerprint density at radius 1 is 1.24 bits per heavy atom. The van der Waals surface area contributed by atoms with Crippen LogP contribution in [0.5, 0.6) is 0 Å². The molecule has 1 N–H and O–H groups in total. The third-order valence-corrected chi connectivity index (χ3v) is 8.97. The molecule has 0 spiro atoms. The highest BCUT2D eigenvalue weighted by atomic mass is 32.1. The molecule has 3 fully saturated rings. The van der Waals surface area contributed by atoms with E-state index in [0.29, 0.717) is 5.92 Å². The van der Waals surface area contributed by atoms with E-state index < -0.39 is 0 Å².